The van der Waals surface area contributed by atoms with Crippen LogP contribution in [0.2, 0.25) is 0 Å². The highest BCUT2D eigenvalue weighted by Crippen LogP contribution is 2.29. The van der Waals surface area contributed by atoms with Gasteiger partial charge in [0.2, 0.25) is 0 Å². The predicted molar refractivity (Wildman–Crippen MR) is 90.8 cm³/mol. The van der Waals surface area contributed by atoms with Crippen LogP contribution in [0.1, 0.15) is 19.8 Å². The first-order chi connectivity index (χ1) is 9.22. The Kier molecular flexibility index (Phi) is 5.16. The third-order valence-corrected chi connectivity index (χ3v) is 3.87. The Labute approximate surface area is 127 Å². The van der Waals surface area contributed by atoms with Gasteiger partial charge in [0.25, 0.3) is 0 Å². The maximum Gasteiger partial charge on any atom is 0.170 e. The van der Waals surface area contributed by atoms with Crippen molar-refractivity contribution in [3.63, 3.8) is 0 Å². The zero-order valence-electron chi connectivity index (χ0n) is 10.9. The van der Waals surface area contributed by atoms with Gasteiger partial charge in [0.05, 0.1) is 0 Å². The lowest BCUT2D eigenvalue weighted by atomic mass is 10.1. The number of thiocarbonyl (C=S) groups is 1. The molecule has 0 aliphatic rings. The van der Waals surface area contributed by atoms with E-state index in [4.69, 9.17) is 12.2 Å². The standard InChI is InChI=1S/C15H17BrN2S/c1-2-3-10-17-15(19)18-14-9-8-13(16)11-6-4-5-7-12(11)14/h4-9H,2-3,10H2,1H3,(H2,17,18,19). The molecule has 2 N–H and O–H groups in total. The van der Waals surface area contributed by atoms with E-state index >= 15 is 0 Å². The molecule has 2 aromatic rings. The van der Waals surface area contributed by atoms with Crippen molar-refractivity contribution < 1.29 is 0 Å². The molecule has 0 fully saturated rings. The summed E-state index contributed by atoms with van der Waals surface area (Å²) in [7, 11) is 0. The van der Waals surface area contributed by atoms with Gasteiger partial charge < -0.3 is 10.6 Å². The lowest BCUT2D eigenvalue weighted by Gasteiger charge is -2.13. The minimum atomic E-state index is 0.681. The maximum atomic E-state index is 5.31. The minimum Gasteiger partial charge on any atom is -0.362 e. The summed E-state index contributed by atoms with van der Waals surface area (Å²) in [5.41, 5.74) is 1.03. The SMILES string of the molecule is CCCCNC(=S)Nc1ccc(Br)c2ccccc12. The molecular formula is C15H17BrN2S. The molecule has 0 heterocycles. The van der Waals surface area contributed by atoms with Crippen LogP contribution in [0.5, 0.6) is 0 Å². The van der Waals surface area contributed by atoms with Gasteiger partial charge in [-0.1, -0.05) is 53.5 Å². The molecule has 0 aliphatic carbocycles. The number of nitrogens with one attached hydrogen (secondary N) is 2. The van der Waals surface area contributed by atoms with Gasteiger partial charge >= 0.3 is 0 Å². The van der Waals surface area contributed by atoms with Gasteiger partial charge in [-0.3, -0.25) is 0 Å². The highest BCUT2D eigenvalue weighted by atomic mass is 79.9. The van der Waals surface area contributed by atoms with Crippen molar-refractivity contribution in [3.8, 4) is 0 Å². The predicted octanol–water partition coefficient (Wildman–Crippen LogP) is 4.69. The van der Waals surface area contributed by atoms with E-state index in [1.807, 2.05) is 24.3 Å². The average Bonchev–Trinajstić information content (AvgIpc) is 2.43. The first kappa shape index (κ1) is 14.3. The fourth-order valence-electron chi connectivity index (χ4n) is 1.92. The molecule has 0 saturated heterocycles. The molecule has 4 heteroatoms. The molecule has 2 nitrogen and oxygen atoms in total. The Morgan fingerprint density at radius 3 is 2.63 bits per heavy atom. The summed E-state index contributed by atoms with van der Waals surface area (Å²) in [5.74, 6) is 0. The molecule has 0 bridgehead atoms. The first-order valence-electron chi connectivity index (χ1n) is 6.44. The van der Waals surface area contributed by atoms with Crippen molar-refractivity contribution in [2.45, 2.75) is 19.8 Å². The van der Waals surface area contributed by atoms with Gasteiger partial charge in [0, 0.05) is 22.1 Å². The second-order valence-electron chi connectivity index (χ2n) is 4.37. The van der Waals surface area contributed by atoms with E-state index in [1.165, 1.54) is 5.39 Å². The molecule has 0 atom stereocenters. The Bertz CT molecular complexity index is 583. The van der Waals surface area contributed by atoms with Crippen molar-refractivity contribution in [2.24, 2.45) is 0 Å². The van der Waals surface area contributed by atoms with Crippen LogP contribution < -0.4 is 10.6 Å². The van der Waals surface area contributed by atoms with E-state index in [0.29, 0.717) is 5.11 Å². The minimum absolute atomic E-state index is 0.681. The van der Waals surface area contributed by atoms with E-state index < -0.39 is 0 Å². The smallest absolute Gasteiger partial charge is 0.170 e. The van der Waals surface area contributed by atoms with Crippen LogP contribution in [0.25, 0.3) is 10.8 Å². The molecule has 19 heavy (non-hydrogen) atoms. The summed E-state index contributed by atoms with van der Waals surface area (Å²) >= 11 is 8.88. The molecule has 100 valence electrons. The molecule has 0 amide bonds. The fourth-order valence-corrected chi connectivity index (χ4v) is 2.61. The lowest BCUT2D eigenvalue weighted by Crippen LogP contribution is -2.29. The average molecular weight is 337 g/mol. The Morgan fingerprint density at radius 2 is 1.89 bits per heavy atom. The van der Waals surface area contributed by atoms with E-state index in [9.17, 15) is 0 Å². The third-order valence-electron chi connectivity index (χ3n) is 2.93. The molecule has 0 radical (unpaired) electrons. The zero-order valence-corrected chi connectivity index (χ0v) is 13.3. The highest BCUT2D eigenvalue weighted by molar-refractivity contribution is 9.10. The van der Waals surface area contributed by atoms with Crippen molar-refractivity contribution in [1.82, 2.24) is 5.32 Å². The van der Waals surface area contributed by atoms with E-state index in [2.05, 4.69) is 45.6 Å². The van der Waals surface area contributed by atoms with Gasteiger partial charge in [0.1, 0.15) is 0 Å². The number of benzene rings is 2. The number of anilines is 1. The summed E-state index contributed by atoms with van der Waals surface area (Å²) in [6, 6.07) is 12.3. The van der Waals surface area contributed by atoms with E-state index in [0.717, 1.165) is 34.9 Å². The van der Waals surface area contributed by atoms with Crippen LogP contribution in [0.15, 0.2) is 40.9 Å². The number of halogens is 1. The van der Waals surface area contributed by atoms with Crippen LogP contribution >= 0.6 is 28.1 Å². The van der Waals surface area contributed by atoms with Crippen LogP contribution in [0.3, 0.4) is 0 Å². The van der Waals surface area contributed by atoms with Gasteiger partial charge in [-0.2, -0.15) is 0 Å². The molecule has 0 unspecified atom stereocenters. The van der Waals surface area contributed by atoms with Crippen LogP contribution in [-0.4, -0.2) is 11.7 Å². The van der Waals surface area contributed by atoms with Crippen LogP contribution in [0.4, 0.5) is 5.69 Å². The number of hydrogen-bond acceptors (Lipinski definition) is 1. The summed E-state index contributed by atoms with van der Waals surface area (Å²) < 4.78 is 1.10. The Hall–Kier alpha value is -1.13. The molecule has 2 rings (SSSR count). The largest absolute Gasteiger partial charge is 0.362 e. The quantitative estimate of drug-likeness (QED) is 0.625. The van der Waals surface area contributed by atoms with Crippen LogP contribution in [-0.2, 0) is 0 Å². The summed E-state index contributed by atoms with van der Waals surface area (Å²) in [4.78, 5) is 0. The van der Waals surface area contributed by atoms with Gasteiger partial charge in [0.15, 0.2) is 5.11 Å². The maximum absolute atomic E-state index is 5.31. The van der Waals surface area contributed by atoms with Gasteiger partial charge in [-0.25, -0.2) is 0 Å². The Balaban J connectivity index is 2.17. The number of rotatable bonds is 4. The zero-order chi connectivity index (χ0) is 13.7. The molecule has 0 saturated carbocycles. The lowest BCUT2D eigenvalue weighted by molar-refractivity contribution is 0.758. The molecule has 0 aliphatic heterocycles. The van der Waals surface area contributed by atoms with Crippen molar-refractivity contribution in [3.05, 3.63) is 40.9 Å². The second-order valence-corrected chi connectivity index (χ2v) is 5.64. The number of hydrogen-bond donors (Lipinski definition) is 2. The second kappa shape index (κ2) is 6.87. The molecule has 2 aromatic carbocycles. The topological polar surface area (TPSA) is 24.1 Å². The molecule has 0 aromatic heterocycles. The fraction of sp³-hybridized carbons (Fsp3) is 0.267. The normalized spacial score (nSPS) is 10.4. The molecule has 0 spiro atoms. The van der Waals surface area contributed by atoms with Gasteiger partial charge in [-0.05, 0) is 36.2 Å². The van der Waals surface area contributed by atoms with Crippen molar-refractivity contribution >= 4 is 49.7 Å². The Morgan fingerprint density at radius 1 is 1.16 bits per heavy atom. The summed E-state index contributed by atoms with van der Waals surface area (Å²) in [6.45, 7) is 3.08. The highest BCUT2D eigenvalue weighted by Gasteiger charge is 2.05. The molecular weight excluding hydrogens is 320 g/mol. The monoisotopic (exact) mass is 336 g/mol. The van der Waals surface area contributed by atoms with Crippen molar-refractivity contribution in [1.29, 1.82) is 0 Å². The summed E-state index contributed by atoms with van der Waals surface area (Å²) in [6.07, 6.45) is 2.29. The van der Waals surface area contributed by atoms with E-state index in [-0.39, 0.29) is 0 Å². The van der Waals surface area contributed by atoms with Crippen LogP contribution in [0, 0.1) is 0 Å². The summed E-state index contributed by atoms with van der Waals surface area (Å²) in [5, 5.41) is 9.52. The third kappa shape index (κ3) is 3.67. The van der Waals surface area contributed by atoms with Gasteiger partial charge in [-0.15, -0.1) is 0 Å². The number of fused-ring (bicyclic) bond motifs is 1. The van der Waals surface area contributed by atoms with Crippen molar-refractivity contribution in [2.75, 3.05) is 11.9 Å². The first-order valence-corrected chi connectivity index (χ1v) is 7.64. The number of unbranched alkanes of at least 4 members (excludes halogenated alkanes) is 1. The van der Waals surface area contributed by atoms with E-state index in [1.54, 1.807) is 0 Å².